The molecule has 0 unspecified atom stereocenters. The van der Waals surface area contributed by atoms with Crippen molar-refractivity contribution in [1.29, 1.82) is 0 Å². The van der Waals surface area contributed by atoms with Crippen LogP contribution < -0.4 is 11.1 Å². The van der Waals surface area contributed by atoms with Crippen molar-refractivity contribution < 1.29 is 4.79 Å². The molecule has 0 bridgehead atoms. The van der Waals surface area contributed by atoms with Crippen molar-refractivity contribution in [3.05, 3.63) is 29.8 Å². The zero-order chi connectivity index (χ0) is 12.2. The van der Waals surface area contributed by atoms with E-state index in [1.54, 1.807) is 0 Å². The van der Waals surface area contributed by atoms with E-state index in [0.29, 0.717) is 6.42 Å². The fourth-order valence-corrected chi connectivity index (χ4v) is 1.49. The molecule has 0 radical (unpaired) electrons. The molecule has 0 atom stereocenters. The molecule has 3 N–H and O–H groups in total. The third-order valence-electron chi connectivity index (χ3n) is 2.24. The standard InChI is InChI=1S/C13H20N2O/c1-4-10-6-5-7-11(8-10)15-12(16)9-13(2,3)14/h5-8H,4,9,14H2,1-3H3,(H,15,16). The molecule has 0 heterocycles. The molecule has 0 aliphatic rings. The first-order valence-electron chi connectivity index (χ1n) is 5.58. The maximum absolute atomic E-state index is 11.6. The summed E-state index contributed by atoms with van der Waals surface area (Å²) in [4.78, 5) is 11.6. The molecule has 88 valence electrons. The van der Waals surface area contributed by atoms with Crippen molar-refractivity contribution >= 4 is 11.6 Å². The molecule has 0 spiro atoms. The summed E-state index contributed by atoms with van der Waals surface area (Å²) in [6, 6.07) is 7.87. The summed E-state index contributed by atoms with van der Waals surface area (Å²) < 4.78 is 0. The van der Waals surface area contributed by atoms with Crippen LogP contribution in [-0.4, -0.2) is 11.4 Å². The van der Waals surface area contributed by atoms with E-state index >= 15 is 0 Å². The third-order valence-corrected chi connectivity index (χ3v) is 2.24. The van der Waals surface area contributed by atoms with Crippen LogP contribution in [-0.2, 0) is 11.2 Å². The molecule has 1 aromatic rings. The summed E-state index contributed by atoms with van der Waals surface area (Å²) in [5, 5.41) is 2.85. The van der Waals surface area contributed by atoms with Crippen molar-refractivity contribution in [2.75, 3.05) is 5.32 Å². The zero-order valence-electron chi connectivity index (χ0n) is 10.2. The summed E-state index contributed by atoms with van der Waals surface area (Å²) in [6.07, 6.45) is 1.29. The molecule has 1 amide bonds. The Morgan fingerprint density at radius 1 is 1.44 bits per heavy atom. The molecule has 0 saturated heterocycles. The highest BCUT2D eigenvalue weighted by atomic mass is 16.1. The Kier molecular flexibility index (Phi) is 4.07. The van der Waals surface area contributed by atoms with Gasteiger partial charge in [0.25, 0.3) is 0 Å². The van der Waals surface area contributed by atoms with Crippen LogP contribution in [0.3, 0.4) is 0 Å². The summed E-state index contributed by atoms with van der Waals surface area (Å²) >= 11 is 0. The predicted molar refractivity (Wildman–Crippen MR) is 67.3 cm³/mol. The molecule has 16 heavy (non-hydrogen) atoms. The Morgan fingerprint density at radius 2 is 2.12 bits per heavy atom. The van der Waals surface area contributed by atoms with Crippen molar-refractivity contribution in [1.82, 2.24) is 0 Å². The Labute approximate surface area is 97.0 Å². The number of anilines is 1. The van der Waals surface area contributed by atoms with E-state index in [-0.39, 0.29) is 5.91 Å². The molecular weight excluding hydrogens is 200 g/mol. The topological polar surface area (TPSA) is 55.1 Å². The maximum Gasteiger partial charge on any atom is 0.226 e. The van der Waals surface area contributed by atoms with Gasteiger partial charge < -0.3 is 11.1 Å². The van der Waals surface area contributed by atoms with Crippen LogP contribution in [0.15, 0.2) is 24.3 Å². The predicted octanol–water partition coefficient (Wildman–Crippen LogP) is 2.31. The summed E-state index contributed by atoms with van der Waals surface area (Å²) in [5.74, 6) is -0.0410. The fourth-order valence-electron chi connectivity index (χ4n) is 1.49. The van der Waals surface area contributed by atoms with E-state index in [1.807, 2.05) is 38.1 Å². The second-order valence-corrected chi connectivity index (χ2v) is 4.77. The smallest absolute Gasteiger partial charge is 0.226 e. The monoisotopic (exact) mass is 220 g/mol. The average Bonchev–Trinajstić information content (AvgIpc) is 2.15. The Bertz CT molecular complexity index is 366. The van der Waals surface area contributed by atoms with Gasteiger partial charge in [-0.1, -0.05) is 19.1 Å². The van der Waals surface area contributed by atoms with Gasteiger partial charge in [0.05, 0.1) is 0 Å². The van der Waals surface area contributed by atoms with Crippen LogP contribution in [0.1, 0.15) is 32.8 Å². The minimum Gasteiger partial charge on any atom is -0.326 e. The van der Waals surface area contributed by atoms with Crippen LogP contribution in [0.2, 0.25) is 0 Å². The number of nitrogens with one attached hydrogen (secondary N) is 1. The first kappa shape index (κ1) is 12.7. The van der Waals surface area contributed by atoms with Gasteiger partial charge in [0.1, 0.15) is 0 Å². The first-order valence-corrected chi connectivity index (χ1v) is 5.58. The molecule has 1 aromatic carbocycles. The number of benzene rings is 1. The fraction of sp³-hybridized carbons (Fsp3) is 0.462. The Hall–Kier alpha value is -1.35. The van der Waals surface area contributed by atoms with Crippen molar-refractivity contribution in [3.63, 3.8) is 0 Å². The molecule has 0 fully saturated rings. The van der Waals surface area contributed by atoms with Crippen LogP contribution in [0.5, 0.6) is 0 Å². The van der Waals surface area contributed by atoms with Crippen molar-refractivity contribution in [3.8, 4) is 0 Å². The number of hydrogen-bond donors (Lipinski definition) is 2. The number of carbonyl (C=O) groups excluding carboxylic acids is 1. The van der Waals surface area contributed by atoms with Crippen LogP contribution in [0.4, 0.5) is 5.69 Å². The van der Waals surface area contributed by atoms with Gasteiger partial charge in [0.15, 0.2) is 0 Å². The number of amides is 1. The Morgan fingerprint density at radius 3 is 2.69 bits per heavy atom. The van der Waals surface area contributed by atoms with Gasteiger partial charge in [-0.15, -0.1) is 0 Å². The second kappa shape index (κ2) is 5.12. The quantitative estimate of drug-likeness (QED) is 0.818. The lowest BCUT2D eigenvalue weighted by molar-refractivity contribution is -0.117. The Balaban J connectivity index is 2.62. The number of rotatable bonds is 4. The van der Waals surface area contributed by atoms with Gasteiger partial charge in [0.2, 0.25) is 5.91 Å². The lowest BCUT2D eigenvalue weighted by Gasteiger charge is -2.17. The third kappa shape index (κ3) is 4.45. The summed E-state index contributed by atoms with van der Waals surface area (Å²) in [5.41, 5.74) is 7.37. The zero-order valence-corrected chi connectivity index (χ0v) is 10.2. The lowest BCUT2D eigenvalue weighted by Crippen LogP contribution is -2.36. The highest BCUT2D eigenvalue weighted by Gasteiger charge is 2.16. The van der Waals surface area contributed by atoms with E-state index in [9.17, 15) is 4.79 Å². The average molecular weight is 220 g/mol. The number of nitrogens with two attached hydrogens (primary N) is 1. The van der Waals surface area contributed by atoms with Gasteiger partial charge in [-0.05, 0) is 38.0 Å². The summed E-state index contributed by atoms with van der Waals surface area (Å²) in [6.45, 7) is 5.77. The molecule has 0 aliphatic heterocycles. The van der Waals surface area contributed by atoms with Gasteiger partial charge in [-0.3, -0.25) is 4.79 Å². The molecule has 0 saturated carbocycles. The van der Waals surface area contributed by atoms with E-state index in [2.05, 4.69) is 12.2 Å². The molecular formula is C13H20N2O. The normalized spacial score (nSPS) is 11.2. The molecule has 1 rings (SSSR count). The maximum atomic E-state index is 11.6. The summed E-state index contributed by atoms with van der Waals surface area (Å²) in [7, 11) is 0. The SMILES string of the molecule is CCc1cccc(NC(=O)CC(C)(C)N)c1. The number of aryl methyl sites for hydroxylation is 1. The molecule has 3 heteroatoms. The van der Waals surface area contributed by atoms with Gasteiger partial charge in [-0.2, -0.15) is 0 Å². The van der Waals surface area contributed by atoms with Crippen molar-refractivity contribution in [2.24, 2.45) is 5.73 Å². The largest absolute Gasteiger partial charge is 0.326 e. The van der Waals surface area contributed by atoms with Crippen LogP contribution >= 0.6 is 0 Å². The highest BCUT2D eigenvalue weighted by Crippen LogP contribution is 2.13. The van der Waals surface area contributed by atoms with Crippen LogP contribution in [0.25, 0.3) is 0 Å². The van der Waals surface area contributed by atoms with E-state index < -0.39 is 5.54 Å². The van der Waals surface area contributed by atoms with Gasteiger partial charge in [0, 0.05) is 17.6 Å². The van der Waals surface area contributed by atoms with Gasteiger partial charge >= 0.3 is 0 Å². The molecule has 0 aliphatic carbocycles. The van der Waals surface area contributed by atoms with E-state index in [1.165, 1.54) is 5.56 Å². The van der Waals surface area contributed by atoms with E-state index in [4.69, 9.17) is 5.73 Å². The molecule has 0 aromatic heterocycles. The minimum atomic E-state index is -0.466. The number of hydrogen-bond acceptors (Lipinski definition) is 2. The molecule has 3 nitrogen and oxygen atoms in total. The second-order valence-electron chi connectivity index (χ2n) is 4.77. The van der Waals surface area contributed by atoms with Crippen LogP contribution in [0, 0.1) is 0 Å². The minimum absolute atomic E-state index is 0.0410. The highest BCUT2D eigenvalue weighted by molar-refractivity contribution is 5.91. The lowest BCUT2D eigenvalue weighted by atomic mass is 10.0. The van der Waals surface area contributed by atoms with E-state index in [0.717, 1.165) is 12.1 Å². The van der Waals surface area contributed by atoms with Gasteiger partial charge in [-0.25, -0.2) is 0 Å². The first-order chi connectivity index (χ1) is 7.40. The number of carbonyl (C=O) groups is 1. The van der Waals surface area contributed by atoms with Crippen molar-refractivity contribution in [2.45, 2.75) is 39.2 Å².